The Morgan fingerprint density at radius 3 is 1.85 bits per heavy atom. The van der Waals surface area contributed by atoms with Gasteiger partial charge in [-0.1, -0.05) is 34.6 Å². The molecule has 0 aromatic heterocycles. The standard InChI is InChI=1S/C10H20O3/c1-6(8(11)9(12)13)7(2)10(3,4)5/h6-8,11H,1-5H3,(H,12,13). The third-order valence-electron chi connectivity index (χ3n) is 2.91. The van der Waals surface area contributed by atoms with Gasteiger partial charge in [0.2, 0.25) is 0 Å². The van der Waals surface area contributed by atoms with Crippen molar-refractivity contribution in [3.63, 3.8) is 0 Å². The van der Waals surface area contributed by atoms with Crippen molar-refractivity contribution in [1.82, 2.24) is 0 Å². The highest BCUT2D eigenvalue weighted by Gasteiger charge is 2.32. The second-order valence-corrected chi connectivity index (χ2v) is 4.80. The van der Waals surface area contributed by atoms with Gasteiger partial charge < -0.3 is 10.2 Å². The number of hydrogen-bond donors (Lipinski definition) is 2. The number of carbonyl (C=O) groups is 1. The van der Waals surface area contributed by atoms with Gasteiger partial charge in [0.25, 0.3) is 0 Å². The summed E-state index contributed by atoms with van der Waals surface area (Å²) >= 11 is 0. The second kappa shape index (κ2) is 4.09. The van der Waals surface area contributed by atoms with E-state index >= 15 is 0 Å². The maximum Gasteiger partial charge on any atom is 0.332 e. The number of aliphatic hydroxyl groups is 1. The van der Waals surface area contributed by atoms with Crippen LogP contribution in [0.3, 0.4) is 0 Å². The van der Waals surface area contributed by atoms with Gasteiger partial charge in [0.15, 0.2) is 6.10 Å². The van der Waals surface area contributed by atoms with Crippen molar-refractivity contribution in [2.24, 2.45) is 17.3 Å². The molecule has 0 bridgehead atoms. The van der Waals surface area contributed by atoms with Crippen LogP contribution in [0.15, 0.2) is 0 Å². The Hall–Kier alpha value is -0.570. The van der Waals surface area contributed by atoms with E-state index in [1.165, 1.54) is 0 Å². The lowest BCUT2D eigenvalue weighted by Gasteiger charge is -2.33. The van der Waals surface area contributed by atoms with E-state index in [1.54, 1.807) is 6.92 Å². The van der Waals surface area contributed by atoms with Gasteiger partial charge in [0.05, 0.1) is 0 Å². The SMILES string of the molecule is CC(C(O)C(=O)O)C(C)C(C)(C)C. The van der Waals surface area contributed by atoms with Gasteiger partial charge in [-0.05, 0) is 17.3 Å². The predicted octanol–water partition coefficient (Wildman–Crippen LogP) is 1.75. The van der Waals surface area contributed by atoms with Crippen LogP contribution in [0, 0.1) is 17.3 Å². The topological polar surface area (TPSA) is 57.5 Å². The highest BCUT2D eigenvalue weighted by molar-refractivity contribution is 5.72. The summed E-state index contributed by atoms with van der Waals surface area (Å²) in [7, 11) is 0. The minimum Gasteiger partial charge on any atom is -0.479 e. The molecule has 0 amide bonds. The van der Waals surface area contributed by atoms with Crippen LogP contribution in [0.5, 0.6) is 0 Å². The molecule has 13 heavy (non-hydrogen) atoms. The average Bonchev–Trinajstić information content (AvgIpc) is 1.98. The van der Waals surface area contributed by atoms with Crippen molar-refractivity contribution < 1.29 is 15.0 Å². The lowest BCUT2D eigenvalue weighted by molar-refractivity contribution is -0.151. The molecule has 0 radical (unpaired) electrons. The van der Waals surface area contributed by atoms with Crippen LogP contribution in [0.25, 0.3) is 0 Å². The zero-order valence-electron chi connectivity index (χ0n) is 9.03. The van der Waals surface area contributed by atoms with Gasteiger partial charge in [0, 0.05) is 0 Å². The van der Waals surface area contributed by atoms with Gasteiger partial charge in [-0.25, -0.2) is 4.79 Å². The summed E-state index contributed by atoms with van der Waals surface area (Å²) in [6.07, 6.45) is -1.26. The van der Waals surface area contributed by atoms with E-state index in [1.807, 2.05) is 27.7 Å². The van der Waals surface area contributed by atoms with E-state index < -0.39 is 12.1 Å². The molecule has 3 unspecified atom stereocenters. The van der Waals surface area contributed by atoms with Gasteiger partial charge in [-0.3, -0.25) is 0 Å². The first-order valence-electron chi connectivity index (χ1n) is 4.58. The van der Waals surface area contributed by atoms with Crippen LogP contribution in [-0.2, 0) is 4.79 Å². The lowest BCUT2D eigenvalue weighted by Crippen LogP contribution is -2.36. The minimum absolute atomic E-state index is 0.0237. The van der Waals surface area contributed by atoms with Crippen molar-refractivity contribution in [3.8, 4) is 0 Å². The number of carboxylic acids is 1. The van der Waals surface area contributed by atoms with E-state index in [9.17, 15) is 9.90 Å². The number of hydrogen-bond acceptors (Lipinski definition) is 2. The Bertz CT molecular complexity index is 181. The van der Waals surface area contributed by atoms with E-state index in [0.717, 1.165) is 0 Å². The molecule has 0 aliphatic heterocycles. The zero-order chi connectivity index (χ0) is 10.8. The molecule has 0 heterocycles. The molecule has 0 aromatic rings. The average molecular weight is 188 g/mol. The summed E-state index contributed by atoms with van der Waals surface area (Å²) < 4.78 is 0. The largest absolute Gasteiger partial charge is 0.479 e. The van der Waals surface area contributed by atoms with Gasteiger partial charge in [-0.2, -0.15) is 0 Å². The van der Waals surface area contributed by atoms with Crippen molar-refractivity contribution in [2.45, 2.75) is 40.7 Å². The molecule has 0 aromatic carbocycles. The molecule has 0 saturated carbocycles. The highest BCUT2D eigenvalue weighted by Crippen LogP contribution is 2.33. The second-order valence-electron chi connectivity index (χ2n) is 4.80. The van der Waals surface area contributed by atoms with Crippen molar-refractivity contribution in [3.05, 3.63) is 0 Å². The van der Waals surface area contributed by atoms with Gasteiger partial charge >= 0.3 is 5.97 Å². The molecule has 0 saturated heterocycles. The fourth-order valence-corrected chi connectivity index (χ4v) is 1.29. The van der Waals surface area contributed by atoms with Crippen LogP contribution >= 0.6 is 0 Å². The van der Waals surface area contributed by atoms with Crippen molar-refractivity contribution in [2.75, 3.05) is 0 Å². The quantitative estimate of drug-likeness (QED) is 0.709. The molecule has 0 aliphatic rings. The first-order chi connectivity index (χ1) is 5.68. The fourth-order valence-electron chi connectivity index (χ4n) is 1.29. The Morgan fingerprint density at radius 1 is 1.23 bits per heavy atom. The maximum atomic E-state index is 10.5. The van der Waals surface area contributed by atoms with E-state index in [4.69, 9.17) is 5.11 Å². The molecule has 0 spiro atoms. The van der Waals surface area contributed by atoms with Crippen LogP contribution in [-0.4, -0.2) is 22.3 Å². The Morgan fingerprint density at radius 2 is 1.62 bits per heavy atom. The van der Waals surface area contributed by atoms with Crippen molar-refractivity contribution >= 4 is 5.97 Å². The first-order valence-corrected chi connectivity index (χ1v) is 4.58. The zero-order valence-corrected chi connectivity index (χ0v) is 9.03. The number of carboxylic acid groups (broad SMARTS) is 1. The molecule has 0 rings (SSSR count). The highest BCUT2D eigenvalue weighted by atomic mass is 16.4. The summed E-state index contributed by atoms with van der Waals surface area (Å²) in [5.74, 6) is -1.19. The predicted molar refractivity (Wildman–Crippen MR) is 51.4 cm³/mol. The fraction of sp³-hybridized carbons (Fsp3) is 0.900. The van der Waals surface area contributed by atoms with Crippen LogP contribution < -0.4 is 0 Å². The monoisotopic (exact) mass is 188 g/mol. The summed E-state index contributed by atoms with van der Waals surface area (Å²) in [5, 5.41) is 17.9. The smallest absolute Gasteiger partial charge is 0.332 e. The minimum atomic E-state index is -1.26. The number of aliphatic hydroxyl groups excluding tert-OH is 1. The molecule has 0 fully saturated rings. The molecule has 0 aliphatic carbocycles. The number of aliphatic carboxylic acids is 1. The van der Waals surface area contributed by atoms with Crippen LogP contribution in [0.1, 0.15) is 34.6 Å². The third kappa shape index (κ3) is 3.35. The van der Waals surface area contributed by atoms with Gasteiger partial charge in [-0.15, -0.1) is 0 Å². The van der Waals surface area contributed by atoms with Crippen LogP contribution in [0.4, 0.5) is 0 Å². The summed E-state index contributed by atoms with van der Waals surface area (Å²) in [5.41, 5.74) is 0.0237. The summed E-state index contributed by atoms with van der Waals surface area (Å²) in [6, 6.07) is 0. The maximum absolute atomic E-state index is 10.5. The molecular weight excluding hydrogens is 168 g/mol. The van der Waals surface area contributed by atoms with E-state index in [0.29, 0.717) is 0 Å². The lowest BCUT2D eigenvalue weighted by atomic mass is 9.73. The summed E-state index contributed by atoms with van der Waals surface area (Å²) in [6.45, 7) is 9.87. The van der Waals surface area contributed by atoms with E-state index in [-0.39, 0.29) is 17.3 Å². The Labute approximate surface area is 79.8 Å². The first kappa shape index (κ1) is 12.4. The van der Waals surface area contributed by atoms with E-state index in [2.05, 4.69) is 0 Å². The van der Waals surface area contributed by atoms with Crippen LogP contribution in [0.2, 0.25) is 0 Å². The molecule has 3 heteroatoms. The Kier molecular flexibility index (Phi) is 3.91. The molecule has 3 atom stereocenters. The van der Waals surface area contributed by atoms with Crippen molar-refractivity contribution in [1.29, 1.82) is 0 Å². The Balaban J connectivity index is 4.42. The molecule has 3 nitrogen and oxygen atoms in total. The third-order valence-corrected chi connectivity index (χ3v) is 2.91. The molecule has 2 N–H and O–H groups in total. The normalized spacial score (nSPS) is 19.2. The summed E-state index contributed by atoms with van der Waals surface area (Å²) in [4.78, 5) is 10.5. The van der Waals surface area contributed by atoms with Gasteiger partial charge in [0.1, 0.15) is 0 Å². The molecule has 78 valence electrons. The molecular formula is C10H20O3. The number of rotatable bonds is 3.